The van der Waals surface area contributed by atoms with Crippen molar-refractivity contribution < 1.29 is 9.18 Å². The first-order valence-electron chi connectivity index (χ1n) is 10.0. The van der Waals surface area contributed by atoms with Crippen LogP contribution in [-0.4, -0.2) is 37.3 Å². The van der Waals surface area contributed by atoms with Crippen molar-refractivity contribution in [2.24, 2.45) is 0 Å². The molecule has 2 heterocycles. The van der Waals surface area contributed by atoms with E-state index in [1.807, 2.05) is 17.0 Å². The zero-order valence-corrected chi connectivity index (χ0v) is 16.5. The Balaban J connectivity index is 1.56. The minimum Gasteiger partial charge on any atom is -0.329 e. The molecule has 1 amide bonds. The van der Waals surface area contributed by atoms with Crippen LogP contribution >= 0.6 is 0 Å². The molecule has 4 rings (SSSR count). The fourth-order valence-electron chi connectivity index (χ4n) is 3.97. The third-order valence-electron chi connectivity index (χ3n) is 5.26. The van der Waals surface area contributed by atoms with Crippen molar-refractivity contribution in [3.8, 4) is 0 Å². The van der Waals surface area contributed by atoms with Crippen LogP contribution in [0.25, 0.3) is 0 Å². The van der Waals surface area contributed by atoms with E-state index >= 15 is 0 Å². The summed E-state index contributed by atoms with van der Waals surface area (Å²) in [6, 6.07) is 10.3. The number of fused-ring (bicyclic) bond motifs is 1. The van der Waals surface area contributed by atoms with Crippen molar-refractivity contribution in [2.75, 3.05) is 6.54 Å². The normalized spacial score (nSPS) is 15.7. The van der Waals surface area contributed by atoms with Gasteiger partial charge in [0.1, 0.15) is 5.82 Å². The molecule has 0 aliphatic heterocycles. The molecule has 1 aliphatic rings. The average molecular weight is 393 g/mol. The molecule has 0 saturated heterocycles. The quantitative estimate of drug-likeness (QED) is 0.639. The molecule has 1 aliphatic carbocycles. The van der Waals surface area contributed by atoms with Gasteiger partial charge >= 0.3 is 0 Å². The third-order valence-corrected chi connectivity index (χ3v) is 5.26. The highest BCUT2D eigenvalue weighted by Gasteiger charge is 2.31. The highest BCUT2D eigenvalue weighted by atomic mass is 19.1. The van der Waals surface area contributed by atoms with Gasteiger partial charge in [0.2, 0.25) is 0 Å². The van der Waals surface area contributed by atoms with Crippen LogP contribution in [0.1, 0.15) is 59.5 Å². The Bertz CT molecular complexity index is 1000. The van der Waals surface area contributed by atoms with E-state index in [1.165, 1.54) is 17.7 Å². The number of aromatic nitrogens is 4. The lowest BCUT2D eigenvalue weighted by Crippen LogP contribution is -2.38. The lowest BCUT2D eigenvalue weighted by molar-refractivity contribution is 0.0645. The van der Waals surface area contributed by atoms with Crippen LogP contribution in [0, 0.1) is 5.82 Å². The second-order valence-corrected chi connectivity index (χ2v) is 7.39. The molecule has 150 valence electrons. The molecule has 0 spiro atoms. The van der Waals surface area contributed by atoms with Gasteiger partial charge in [0, 0.05) is 12.7 Å². The molecular formula is C22H24FN5O. The van der Waals surface area contributed by atoms with Crippen molar-refractivity contribution >= 4 is 5.91 Å². The van der Waals surface area contributed by atoms with E-state index in [-0.39, 0.29) is 17.8 Å². The molecule has 7 heteroatoms. The van der Waals surface area contributed by atoms with Crippen molar-refractivity contribution in [3.63, 3.8) is 0 Å². The van der Waals surface area contributed by atoms with Crippen LogP contribution in [-0.2, 0) is 13.0 Å². The number of halogens is 1. The summed E-state index contributed by atoms with van der Waals surface area (Å²) in [5, 5.41) is 8.17. The van der Waals surface area contributed by atoms with Gasteiger partial charge in [-0.05, 0) is 55.0 Å². The standard InChI is InChI=1S/C22H24FN5O/c1-2-12-28(20-10-4-7-17-8-5-11-24-21(17)20)22(29)19-15-27(26-25-19)14-16-6-3-9-18(23)13-16/h3,5-6,8-9,11,13,15,20H,2,4,7,10,12,14H2,1H3. The Morgan fingerprint density at radius 3 is 3.03 bits per heavy atom. The molecule has 1 aromatic carbocycles. The van der Waals surface area contributed by atoms with Gasteiger partial charge in [-0.1, -0.05) is 30.3 Å². The van der Waals surface area contributed by atoms with Gasteiger partial charge in [-0.25, -0.2) is 9.07 Å². The predicted molar refractivity (Wildman–Crippen MR) is 107 cm³/mol. The lowest BCUT2D eigenvalue weighted by Gasteiger charge is -2.34. The van der Waals surface area contributed by atoms with E-state index in [4.69, 9.17) is 0 Å². The molecule has 29 heavy (non-hydrogen) atoms. The largest absolute Gasteiger partial charge is 0.329 e. The van der Waals surface area contributed by atoms with Crippen LogP contribution < -0.4 is 0 Å². The van der Waals surface area contributed by atoms with E-state index in [0.29, 0.717) is 18.8 Å². The third kappa shape index (κ3) is 4.18. The molecule has 1 unspecified atom stereocenters. The van der Waals surface area contributed by atoms with Crippen molar-refractivity contribution in [3.05, 3.63) is 77.1 Å². The van der Waals surface area contributed by atoms with E-state index in [2.05, 4.69) is 28.3 Å². The number of amides is 1. The Morgan fingerprint density at radius 1 is 1.31 bits per heavy atom. The van der Waals surface area contributed by atoms with E-state index in [0.717, 1.165) is 36.9 Å². The van der Waals surface area contributed by atoms with Gasteiger partial charge < -0.3 is 4.90 Å². The number of aryl methyl sites for hydroxylation is 1. The van der Waals surface area contributed by atoms with Gasteiger partial charge in [0.25, 0.3) is 5.91 Å². The first kappa shape index (κ1) is 19.2. The second-order valence-electron chi connectivity index (χ2n) is 7.39. The number of benzene rings is 1. The van der Waals surface area contributed by atoms with Crippen LogP contribution in [0.4, 0.5) is 4.39 Å². The summed E-state index contributed by atoms with van der Waals surface area (Å²) in [5.74, 6) is -0.433. The maximum atomic E-state index is 13.4. The minimum atomic E-state index is -0.295. The number of hydrogen-bond donors (Lipinski definition) is 0. The first-order chi connectivity index (χ1) is 14.2. The SMILES string of the molecule is CCCN(C(=O)c1cn(Cc2cccc(F)c2)nn1)C1CCCc2cccnc21. The summed E-state index contributed by atoms with van der Waals surface area (Å²) >= 11 is 0. The van der Waals surface area contributed by atoms with Crippen molar-refractivity contribution in [1.82, 2.24) is 24.9 Å². The maximum absolute atomic E-state index is 13.4. The second kappa shape index (κ2) is 8.51. The van der Waals surface area contributed by atoms with Crippen LogP contribution in [0.2, 0.25) is 0 Å². The van der Waals surface area contributed by atoms with E-state index in [1.54, 1.807) is 23.1 Å². The Labute approximate surface area is 169 Å². The molecule has 0 radical (unpaired) electrons. The molecule has 2 aromatic heterocycles. The van der Waals surface area contributed by atoms with Gasteiger partial charge in [-0.15, -0.1) is 5.10 Å². The summed E-state index contributed by atoms with van der Waals surface area (Å²) in [7, 11) is 0. The lowest BCUT2D eigenvalue weighted by atomic mass is 9.90. The highest BCUT2D eigenvalue weighted by Crippen LogP contribution is 2.33. The maximum Gasteiger partial charge on any atom is 0.276 e. The smallest absolute Gasteiger partial charge is 0.276 e. The molecule has 6 nitrogen and oxygen atoms in total. The Hall–Kier alpha value is -3.09. The van der Waals surface area contributed by atoms with Crippen LogP contribution in [0.15, 0.2) is 48.8 Å². The number of pyridine rings is 1. The van der Waals surface area contributed by atoms with Gasteiger partial charge in [-0.2, -0.15) is 0 Å². The first-order valence-corrected chi connectivity index (χ1v) is 10.0. The number of carbonyl (C=O) groups is 1. The monoisotopic (exact) mass is 393 g/mol. The number of nitrogens with zero attached hydrogens (tertiary/aromatic N) is 5. The Kier molecular flexibility index (Phi) is 5.64. The highest BCUT2D eigenvalue weighted by molar-refractivity contribution is 5.92. The van der Waals surface area contributed by atoms with Crippen molar-refractivity contribution in [2.45, 2.75) is 45.2 Å². The Morgan fingerprint density at radius 2 is 2.21 bits per heavy atom. The zero-order valence-electron chi connectivity index (χ0n) is 16.5. The summed E-state index contributed by atoms with van der Waals surface area (Å²) < 4.78 is 15.0. The molecule has 0 bridgehead atoms. The van der Waals surface area contributed by atoms with Crippen molar-refractivity contribution in [1.29, 1.82) is 0 Å². The van der Waals surface area contributed by atoms with Gasteiger partial charge in [-0.3, -0.25) is 9.78 Å². The van der Waals surface area contributed by atoms with E-state index < -0.39 is 0 Å². The summed E-state index contributed by atoms with van der Waals surface area (Å²) in [5.41, 5.74) is 3.28. The fourth-order valence-corrected chi connectivity index (χ4v) is 3.97. The molecule has 1 atom stereocenters. The van der Waals surface area contributed by atoms with Crippen LogP contribution in [0.5, 0.6) is 0 Å². The van der Waals surface area contributed by atoms with Gasteiger partial charge in [0.05, 0.1) is 24.5 Å². The number of rotatable bonds is 6. The summed E-state index contributed by atoms with van der Waals surface area (Å²) in [4.78, 5) is 19.7. The minimum absolute atomic E-state index is 0.0410. The average Bonchev–Trinajstić information content (AvgIpc) is 3.20. The summed E-state index contributed by atoms with van der Waals surface area (Å²) in [6.07, 6.45) is 7.20. The number of hydrogen-bond acceptors (Lipinski definition) is 4. The fraction of sp³-hybridized carbons (Fsp3) is 0.364. The summed E-state index contributed by atoms with van der Waals surface area (Å²) in [6.45, 7) is 3.05. The molecule has 0 fully saturated rings. The molecular weight excluding hydrogens is 369 g/mol. The topological polar surface area (TPSA) is 63.9 Å². The van der Waals surface area contributed by atoms with Gasteiger partial charge in [0.15, 0.2) is 5.69 Å². The predicted octanol–water partition coefficient (Wildman–Crippen LogP) is 3.79. The molecule has 0 N–H and O–H groups in total. The van der Waals surface area contributed by atoms with E-state index in [9.17, 15) is 9.18 Å². The number of carbonyl (C=O) groups excluding carboxylic acids is 1. The zero-order chi connectivity index (χ0) is 20.2. The molecule has 3 aromatic rings. The van der Waals surface area contributed by atoms with Crippen LogP contribution in [0.3, 0.4) is 0 Å². The molecule has 0 saturated carbocycles.